The Balaban J connectivity index is 2.68. The number of alkyl halides is 1. The highest BCUT2D eigenvalue weighted by Gasteiger charge is 2.33. The van der Waals surface area contributed by atoms with Crippen molar-refractivity contribution in [1.82, 2.24) is 5.32 Å². The topological polar surface area (TPSA) is 90.9 Å². The van der Waals surface area contributed by atoms with E-state index in [0.29, 0.717) is 0 Å². The maximum Gasteiger partial charge on any atom is 0.408 e. The summed E-state index contributed by atoms with van der Waals surface area (Å²) in [5, 5.41) is 2.51. The van der Waals surface area contributed by atoms with Gasteiger partial charge in [-0.3, -0.25) is 0 Å². The summed E-state index contributed by atoms with van der Waals surface area (Å²) >= 11 is 1.89. The predicted octanol–water partition coefficient (Wildman–Crippen LogP) is 3.44. The molecule has 8 heteroatoms. The number of amides is 1. The van der Waals surface area contributed by atoms with Crippen molar-refractivity contribution in [2.45, 2.75) is 46.4 Å². The first-order valence-corrected chi connectivity index (χ1v) is 10.2. The van der Waals surface area contributed by atoms with E-state index in [0.717, 1.165) is 5.56 Å². The summed E-state index contributed by atoms with van der Waals surface area (Å²) in [7, 11) is 0. The van der Waals surface area contributed by atoms with Gasteiger partial charge in [-0.2, -0.15) is 0 Å². The fourth-order valence-corrected chi connectivity index (χ4v) is 2.49. The molecule has 7 nitrogen and oxygen atoms in total. The van der Waals surface area contributed by atoms with Gasteiger partial charge in [-0.25, -0.2) is 14.4 Å². The zero-order valence-corrected chi connectivity index (χ0v) is 18.1. The Morgan fingerprint density at radius 3 is 2.11 bits per heavy atom. The van der Waals surface area contributed by atoms with Crippen LogP contribution in [0.2, 0.25) is 0 Å². The summed E-state index contributed by atoms with van der Waals surface area (Å²) in [5.41, 5.74) is 0.831. The number of esters is 2. The smallest absolute Gasteiger partial charge is 0.408 e. The van der Waals surface area contributed by atoms with Crippen LogP contribution in [0.1, 0.15) is 33.3 Å². The largest absolute Gasteiger partial charge is 0.452 e. The van der Waals surface area contributed by atoms with E-state index in [9.17, 15) is 14.4 Å². The van der Waals surface area contributed by atoms with Crippen molar-refractivity contribution in [3.63, 3.8) is 0 Å². The van der Waals surface area contributed by atoms with Gasteiger partial charge in [-0.05, 0) is 34.1 Å². The Bertz CT molecular complexity index is 620. The van der Waals surface area contributed by atoms with E-state index >= 15 is 0 Å². The lowest BCUT2D eigenvalue weighted by molar-refractivity contribution is -0.171. The second kappa shape index (κ2) is 11.8. The maximum atomic E-state index is 12.5. The van der Waals surface area contributed by atoms with Crippen LogP contribution in [0, 0.1) is 11.8 Å². The van der Waals surface area contributed by atoms with Gasteiger partial charge < -0.3 is 19.5 Å². The van der Waals surface area contributed by atoms with Crippen LogP contribution in [0.4, 0.5) is 4.79 Å². The van der Waals surface area contributed by atoms with Crippen LogP contribution < -0.4 is 5.32 Å². The number of benzene rings is 1. The van der Waals surface area contributed by atoms with Crippen LogP contribution >= 0.6 is 22.6 Å². The Kier molecular flexibility index (Phi) is 10.1. The molecule has 0 aromatic heterocycles. The van der Waals surface area contributed by atoms with E-state index in [2.05, 4.69) is 5.32 Å². The maximum absolute atomic E-state index is 12.5. The van der Waals surface area contributed by atoms with Crippen molar-refractivity contribution >= 4 is 40.6 Å². The quantitative estimate of drug-likeness (QED) is 0.246. The molecule has 1 aromatic rings. The second-order valence-electron chi connectivity index (χ2n) is 6.60. The Hall–Kier alpha value is -1.84. The normalized spacial score (nSPS) is 13.0. The highest BCUT2D eigenvalue weighted by molar-refractivity contribution is 14.1. The van der Waals surface area contributed by atoms with E-state index in [-0.39, 0.29) is 23.1 Å². The summed E-state index contributed by atoms with van der Waals surface area (Å²) < 4.78 is 15.6. The average Bonchev–Trinajstić information content (AvgIpc) is 2.62. The van der Waals surface area contributed by atoms with Gasteiger partial charge in [-0.15, -0.1) is 0 Å². The lowest BCUT2D eigenvalue weighted by Gasteiger charge is -2.25. The minimum Gasteiger partial charge on any atom is -0.452 e. The summed E-state index contributed by atoms with van der Waals surface area (Å²) in [6, 6.07) is 8.25. The molecule has 0 aliphatic rings. The first kappa shape index (κ1) is 23.2. The lowest BCUT2D eigenvalue weighted by atomic mass is 10.0. The highest BCUT2D eigenvalue weighted by atomic mass is 127. The molecule has 1 aromatic carbocycles. The lowest BCUT2D eigenvalue weighted by Crippen LogP contribution is -2.48. The molecule has 0 radical (unpaired) electrons. The number of alkyl carbamates (subject to hydrolysis) is 1. The van der Waals surface area contributed by atoms with Crippen molar-refractivity contribution in [2.75, 3.05) is 4.61 Å². The summed E-state index contributed by atoms with van der Waals surface area (Å²) in [6.45, 7) is 7.10. The van der Waals surface area contributed by atoms with Gasteiger partial charge in [0.25, 0.3) is 0 Å². The molecule has 1 N–H and O–H groups in total. The van der Waals surface area contributed by atoms with Crippen molar-refractivity contribution in [1.29, 1.82) is 0 Å². The van der Waals surface area contributed by atoms with E-state index in [4.69, 9.17) is 14.2 Å². The second-order valence-corrected chi connectivity index (χ2v) is 7.22. The van der Waals surface area contributed by atoms with Crippen LogP contribution in [0.15, 0.2) is 30.3 Å². The Morgan fingerprint density at radius 2 is 1.59 bits per heavy atom. The minimum atomic E-state index is -1.03. The minimum absolute atomic E-state index is 0.0864. The van der Waals surface area contributed by atoms with E-state index in [1.54, 1.807) is 27.7 Å². The molecule has 0 saturated heterocycles. The number of halogens is 1. The van der Waals surface area contributed by atoms with Crippen LogP contribution in [0.3, 0.4) is 0 Å². The van der Waals surface area contributed by atoms with Crippen molar-refractivity contribution < 1.29 is 28.6 Å². The molecule has 0 aliphatic heterocycles. The molecule has 0 unspecified atom stereocenters. The molecule has 1 rings (SSSR count). The monoisotopic (exact) mass is 491 g/mol. The first-order chi connectivity index (χ1) is 12.8. The van der Waals surface area contributed by atoms with Crippen LogP contribution in [-0.4, -0.2) is 34.8 Å². The van der Waals surface area contributed by atoms with Gasteiger partial charge in [0.05, 0.1) is 0 Å². The highest BCUT2D eigenvalue weighted by Crippen LogP contribution is 2.14. The third-order valence-corrected chi connectivity index (χ3v) is 4.00. The molecule has 0 saturated carbocycles. The number of carbonyl (C=O) groups excluding carboxylic acids is 3. The summed E-state index contributed by atoms with van der Waals surface area (Å²) in [4.78, 5) is 36.6. The molecule has 2 atom stereocenters. The van der Waals surface area contributed by atoms with Gasteiger partial charge >= 0.3 is 18.0 Å². The third kappa shape index (κ3) is 8.15. The third-order valence-electron chi connectivity index (χ3n) is 3.68. The van der Waals surface area contributed by atoms with E-state index in [1.807, 2.05) is 52.9 Å². The van der Waals surface area contributed by atoms with Gasteiger partial charge in [0.1, 0.15) is 17.3 Å². The van der Waals surface area contributed by atoms with E-state index < -0.39 is 30.2 Å². The molecule has 150 valence electrons. The molecule has 1 amide bonds. The van der Waals surface area contributed by atoms with Crippen molar-refractivity contribution in [3.8, 4) is 0 Å². The molecular formula is C19H26INO6. The van der Waals surface area contributed by atoms with Crippen LogP contribution in [0.5, 0.6) is 0 Å². The van der Waals surface area contributed by atoms with Gasteiger partial charge in [0.15, 0.2) is 0 Å². The number of hydrogen-bond donors (Lipinski definition) is 1. The molecule has 0 heterocycles. The van der Waals surface area contributed by atoms with Crippen molar-refractivity contribution in [2.24, 2.45) is 11.8 Å². The fraction of sp³-hybridized carbons (Fsp3) is 0.526. The van der Waals surface area contributed by atoms with Gasteiger partial charge in [-0.1, -0.05) is 58.0 Å². The number of hydrogen-bond acceptors (Lipinski definition) is 6. The van der Waals surface area contributed by atoms with Crippen molar-refractivity contribution in [3.05, 3.63) is 35.9 Å². The Labute approximate surface area is 173 Å². The number of nitrogens with one attached hydrogen (secondary N) is 1. The SMILES string of the molecule is CC(C)[C@H](NC(=O)OCc1ccccc1)C(=O)O[C@H](C(=O)OCI)C(C)C. The number of rotatable bonds is 9. The molecule has 0 aliphatic carbocycles. The summed E-state index contributed by atoms with van der Waals surface area (Å²) in [5.74, 6) is -1.83. The van der Waals surface area contributed by atoms with Gasteiger partial charge in [0, 0.05) is 5.92 Å². The molecule has 0 spiro atoms. The van der Waals surface area contributed by atoms with Crippen LogP contribution in [-0.2, 0) is 30.4 Å². The number of ether oxygens (including phenoxy) is 3. The van der Waals surface area contributed by atoms with E-state index in [1.165, 1.54) is 0 Å². The van der Waals surface area contributed by atoms with Crippen LogP contribution in [0.25, 0.3) is 0 Å². The first-order valence-electron chi connectivity index (χ1n) is 8.66. The predicted molar refractivity (Wildman–Crippen MR) is 108 cm³/mol. The standard InChI is InChI=1S/C19H26INO6/c1-12(2)15(17(22)27-16(13(3)4)18(23)26-11-20)21-19(24)25-10-14-8-6-5-7-9-14/h5-9,12-13,15-16H,10-11H2,1-4H3,(H,21,24)/t15-,16-/m0/s1. The molecular weight excluding hydrogens is 465 g/mol. The molecule has 27 heavy (non-hydrogen) atoms. The average molecular weight is 491 g/mol. The molecule has 0 bridgehead atoms. The zero-order valence-electron chi connectivity index (χ0n) is 15.9. The Morgan fingerprint density at radius 1 is 0.963 bits per heavy atom. The van der Waals surface area contributed by atoms with Gasteiger partial charge in [0.2, 0.25) is 6.10 Å². The number of carbonyl (C=O) groups is 3. The molecule has 0 fully saturated rings. The zero-order chi connectivity index (χ0) is 20.4. The summed E-state index contributed by atoms with van der Waals surface area (Å²) in [6.07, 6.45) is -1.76. The fourth-order valence-electron chi connectivity index (χ4n) is 2.18.